The summed E-state index contributed by atoms with van der Waals surface area (Å²) in [5, 5.41) is 2.98. The summed E-state index contributed by atoms with van der Waals surface area (Å²) in [6.45, 7) is 3.98. The first-order chi connectivity index (χ1) is 19.1. The summed E-state index contributed by atoms with van der Waals surface area (Å²) in [6, 6.07) is 26.7. The van der Waals surface area contributed by atoms with Gasteiger partial charge in [0.05, 0.1) is 19.8 Å². The van der Waals surface area contributed by atoms with Crippen molar-refractivity contribution < 1.29 is 23.8 Å². The van der Waals surface area contributed by atoms with Gasteiger partial charge in [-0.05, 0) is 47.6 Å². The van der Waals surface area contributed by atoms with Crippen molar-refractivity contribution in [2.75, 3.05) is 26.4 Å². The van der Waals surface area contributed by atoms with Gasteiger partial charge in [-0.15, -0.1) is 0 Å². The number of carbonyl (C=O) groups excluding carboxylic acids is 2. The Labute approximate surface area is 229 Å². The van der Waals surface area contributed by atoms with Crippen LogP contribution in [0.25, 0.3) is 11.1 Å². The first-order valence-corrected chi connectivity index (χ1v) is 13.8. The third-order valence-corrected chi connectivity index (χ3v) is 8.29. The van der Waals surface area contributed by atoms with E-state index in [1.807, 2.05) is 42.5 Å². The molecule has 2 aliphatic heterocycles. The van der Waals surface area contributed by atoms with Gasteiger partial charge in [-0.2, -0.15) is 0 Å². The standard InChI is InChI=1S/C32H34N2O5/c1-2-38-30(35)32(16-23-19-37-20-24(17-32)34(23)18-22-10-4-3-5-11-22)33-31(36)39-21-29-27-14-8-6-12-25(27)26-13-7-9-15-28(26)29/h3-15,23-24,29H,2,16-21H2,1H3,(H,33,36). The molecule has 1 N–H and O–H groups in total. The highest BCUT2D eigenvalue weighted by Gasteiger charge is 2.53. The molecular formula is C32H34N2O5. The maximum Gasteiger partial charge on any atom is 0.408 e. The third kappa shape index (κ3) is 4.92. The highest BCUT2D eigenvalue weighted by molar-refractivity contribution is 5.86. The van der Waals surface area contributed by atoms with Crippen molar-refractivity contribution in [3.8, 4) is 11.1 Å². The molecule has 3 aliphatic rings. The van der Waals surface area contributed by atoms with E-state index in [1.54, 1.807) is 6.92 Å². The van der Waals surface area contributed by atoms with Crippen LogP contribution in [0.3, 0.4) is 0 Å². The third-order valence-electron chi connectivity index (χ3n) is 8.29. The largest absolute Gasteiger partial charge is 0.464 e. The molecule has 3 aromatic rings. The van der Waals surface area contributed by atoms with Crippen molar-refractivity contribution in [3.05, 3.63) is 95.6 Å². The zero-order chi connectivity index (χ0) is 26.8. The minimum absolute atomic E-state index is 0.0315. The molecule has 2 saturated heterocycles. The number of fused-ring (bicyclic) bond motifs is 5. The molecule has 7 heteroatoms. The molecule has 0 radical (unpaired) electrons. The van der Waals surface area contributed by atoms with Gasteiger partial charge in [0.2, 0.25) is 0 Å². The van der Waals surface area contributed by atoms with Crippen LogP contribution in [0.5, 0.6) is 0 Å². The second-order valence-corrected chi connectivity index (χ2v) is 10.7. The zero-order valence-corrected chi connectivity index (χ0v) is 22.2. The molecule has 7 nitrogen and oxygen atoms in total. The lowest BCUT2D eigenvalue weighted by molar-refractivity contribution is -0.163. The van der Waals surface area contributed by atoms with E-state index in [1.165, 1.54) is 16.7 Å². The second-order valence-electron chi connectivity index (χ2n) is 10.7. The summed E-state index contributed by atoms with van der Waals surface area (Å²) in [4.78, 5) is 29.1. The molecule has 1 aliphatic carbocycles. The number of morpholine rings is 1. The Hall–Kier alpha value is -3.68. The summed E-state index contributed by atoms with van der Waals surface area (Å²) in [5.41, 5.74) is 4.68. The average Bonchev–Trinajstić information content (AvgIpc) is 3.27. The summed E-state index contributed by atoms with van der Waals surface area (Å²) < 4.78 is 17.2. The Morgan fingerprint density at radius 1 is 0.872 bits per heavy atom. The zero-order valence-electron chi connectivity index (χ0n) is 22.2. The summed E-state index contributed by atoms with van der Waals surface area (Å²) in [7, 11) is 0. The van der Waals surface area contributed by atoms with Crippen LogP contribution in [0.2, 0.25) is 0 Å². The maximum absolute atomic E-state index is 13.4. The molecule has 1 amide bonds. The van der Waals surface area contributed by atoms with Crippen LogP contribution in [0.1, 0.15) is 42.4 Å². The molecule has 2 fully saturated rings. The Bertz CT molecular complexity index is 1280. The summed E-state index contributed by atoms with van der Waals surface area (Å²) in [5.74, 6) is -0.461. The van der Waals surface area contributed by atoms with Gasteiger partial charge in [0.1, 0.15) is 12.1 Å². The van der Waals surface area contributed by atoms with Gasteiger partial charge in [0.15, 0.2) is 0 Å². The van der Waals surface area contributed by atoms with E-state index in [4.69, 9.17) is 14.2 Å². The van der Waals surface area contributed by atoms with E-state index >= 15 is 0 Å². The van der Waals surface area contributed by atoms with Crippen LogP contribution >= 0.6 is 0 Å². The molecule has 2 heterocycles. The van der Waals surface area contributed by atoms with E-state index in [-0.39, 0.29) is 31.2 Å². The lowest BCUT2D eigenvalue weighted by atomic mass is 9.78. The van der Waals surface area contributed by atoms with Gasteiger partial charge in [0.25, 0.3) is 0 Å². The van der Waals surface area contributed by atoms with Gasteiger partial charge < -0.3 is 19.5 Å². The Balaban J connectivity index is 1.19. The van der Waals surface area contributed by atoms with Gasteiger partial charge in [0, 0.05) is 24.5 Å². The van der Waals surface area contributed by atoms with Crippen LogP contribution in [0, 0.1) is 0 Å². The molecule has 39 heavy (non-hydrogen) atoms. The van der Waals surface area contributed by atoms with Crippen molar-refractivity contribution in [1.82, 2.24) is 10.2 Å². The average molecular weight is 527 g/mol. The number of ether oxygens (including phenoxy) is 3. The van der Waals surface area contributed by atoms with Crippen molar-refractivity contribution in [2.45, 2.75) is 49.9 Å². The molecule has 3 aromatic carbocycles. The number of nitrogens with one attached hydrogen (secondary N) is 1. The van der Waals surface area contributed by atoms with E-state index in [9.17, 15) is 9.59 Å². The molecule has 2 bridgehead atoms. The van der Waals surface area contributed by atoms with Crippen LogP contribution < -0.4 is 5.32 Å². The Morgan fingerprint density at radius 3 is 2.08 bits per heavy atom. The number of rotatable bonds is 7. The predicted octanol–water partition coefficient (Wildman–Crippen LogP) is 4.89. The van der Waals surface area contributed by atoms with Gasteiger partial charge in [-0.1, -0.05) is 78.9 Å². The normalized spacial score (nSPS) is 23.9. The number of amides is 1. The van der Waals surface area contributed by atoms with Gasteiger partial charge in [-0.25, -0.2) is 9.59 Å². The van der Waals surface area contributed by atoms with Crippen molar-refractivity contribution in [2.24, 2.45) is 0 Å². The lowest BCUT2D eigenvalue weighted by Gasteiger charge is -2.52. The SMILES string of the molecule is CCOC(=O)C1(NC(=O)OCC2c3ccccc3-c3ccccc32)CC2COCC(C1)N2Cc1ccccc1. The van der Waals surface area contributed by atoms with E-state index < -0.39 is 17.6 Å². The number of alkyl carbamates (subject to hydrolysis) is 1. The van der Waals surface area contributed by atoms with Crippen LogP contribution in [-0.4, -0.2) is 61.0 Å². The lowest BCUT2D eigenvalue weighted by Crippen LogP contribution is -2.69. The molecule has 0 aromatic heterocycles. The monoisotopic (exact) mass is 526 g/mol. The molecule has 6 rings (SSSR count). The number of esters is 1. The number of hydrogen-bond acceptors (Lipinski definition) is 6. The van der Waals surface area contributed by atoms with E-state index in [0.717, 1.165) is 17.7 Å². The number of hydrogen-bond donors (Lipinski definition) is 1. The topological polar surface area (TPSA) is 77.1 Å². The van der Waals surface area contributed by atoms with Gasteiger partial charge >= 0.3 is 12.1 Å². The van der Waals surface area contributed by atoms with Crippen molar-refractivity contribution in [3.63, 3.8) is 0 Å². The molecule has 2 atom stereocenters. The maximum atomic E-state index is 13.4. The minimum Gasteiger partial charge on any atom is -0.464 e. The molecule has 202 valence electrons. The fraction of sp³-hybridized carbons (Fsp3) is 0.375. The highest BCUT2D eigenvalue weighted by atomic mass is 16.6. The molecular weight excluding hydrogens is 492 g/mol. The number of benzene rings is 3. The predicted molar refractivity (Wildman–Crippen MR) is 147 cm³/mol. The smallest absolute Gasteiger partial charge is 0.408 e. The number of piperidine rings is 1. The first-order valence-electron chi connectivity index (χ1n) is 13.8. The minimum atomic E-state index is -1.16. The number of carbonyl (C=O) groups is 2. The Kier molecular flexibility index (Phi) is 7.11. The van der Waals surface area contributed by atoms with Crippen LogP contribution in [0.4, 0.5) is 4.79 Å². The van der Waals surface area contributed by atoms with E-state index in [2.05, 4.69) is 46.6 Å². The fourth-order valence-corrected chi connectivity index (χ4v) is 6.54. The summed E-state index contributed by atoms with van der Waals surface area (Å²) >= 11 is 0. The molecule has 0 saturated carbocycles. The Morgan fingerprint density at radius 2 is 1.46 bits per heavy atom. The number of nitrogens with zero attached hydrogens (tertiary/aromatic N) is 1. The molecule has 2 unspecified atom stereocenters. The van der Waals surface area contributed by atoms with Crippen molar-refractivity contribution >= 4 is 12.1 Å². The first kappa shape index (κ1) is 25.6. The quantitative estimate of drug-likeness (QED) is 0.442. The second kappa shape index (κ2) is 10.8. The van der Waals surface area contributed by atoms with Crippen molar-refractivity contribution in [1.29, 1.82) is 0 Å². The summed E-state index contributed by atoms with van der Waals surface area (Å²) in [6.07, 6.45) is 0.207. The van der Waals surface area contributed by atoms with Crippen LogP contribution in [-0.2, 0) is 25.5 Å². The van der Waals surface area contributed by atoms with Gasteiger partial charge in [-0.3, -0.25) is 4.90 Å². The van der Waals surface area contributed by atoms with E-state index in [0.29, 0.717) is 26.1 Å². The van der Waals surface area contributed by atoms with Crippen LogP contribution in [0.15, 0.2) is 78.9 Å². The fourth-order valence-electron chi connectivity index (χ4n) is 6.54. The highest BCUT2D eigenvalue weighted by Crippen LogP contribution is 2.44. The molecule has 0 spiro atoms.